The molecule has 4 heteroatoms. The van der Waals surface area contributed by atoms with Crippen LogP contribution in [0.15, 0.2) is 16.7 Å². The van der Waals surface area contributed by atoms with Crippen molar-refractivity contribution in [2.45, 2.75) is 6.54 Å². The van der Waals surface area contributed by atoms with Crippen molar-refractivity contribution < 1.29 is 4.39 Å². The second-order valence-corrected chi connectivity index (χ2v) is 2.58. The number of hydrogen-bond acceptors (Lipinski definition) is 2. The summed E-state index contributed by atoms with van der Waals surface area (Å²) in [7, 11) is 0. The van der Waals surface area contributed by atoms with Crippen molar-refractivity contribution in [1.82, 2.24) is 4.98 Å². The van der Waals surface area contributed by atoms with Gasteiger partial charge in [0.15, 0.2) is 0 Å². The lowest BCUT2D eigenvalue weighted by Crippen LogP contribution is -2.02. The molecule has 0 spiro atoms. The zero-order valence-electron chi connectivity index (χ0n) is 5.14. The van der Waals surface area contributed by atoms with E-state index in [1.807, 2.05) is 0 Å². The monoisotopic (exact) mass is 204 g/mol. The van der Waals surface area contributed by atoms with Crippen molar-refractivity contribution in [2.75, 3.05) is 0 Å². The molecule has 0 unspecified atom stereocenters. The van der Waals surface area contributed by atoms with Gasteiger partial charge in [-0.2, -0.15) is 0 Å². The average Bonchev–Trinajstić information content (AvgIpc) is 1.94. The molecule has 0 aliphatic carbocycles. The smallest absolute Gasteiger partial charge is 0.146 e. The Labute approximate surface area is 66.4 Å². The van der Waals surface area contributed by atoms with Crippen molar-refractivity contribution in [2.24, 2.45) is 5.73 Å². The third kappa shape index (κ3) is 1.52. The molecule has 0 fully saturated rings. The fourth-order valence-corrected chi connectivity index (χ4v) is 0.947. The second kappa shape index (κ2) is 3.07. The van der Waals surface area contributed by atoms with Gasteiger partial charge in [0.25, 0.3) is 0 Å². The van der Waals surface area contributed by atoms with Gasteiger partial charge in [-0.25, -0.2) is 9.37 Å². The number of nitrogens with two attached hydrogens (primary N) is 1. The van der Waals surface area contributed by atoms with Gasteiger partial charge in [0.05, 0.1) is 5.69 Å². The molecular weight excluding hydrogens is 199 g/mol. The molecule has 0 atom stereocenters. The Morgan fingerprint density at radius 3 is 2.80 bits per heavy atom. The molecule has 2 N–H and O–H groups in total. The molecule has 0 radical (unpaired) electrons. The van der Waals surface area contributed by atoms with E-state index < -0.39 is 0 Å². The first-order valence-corrected chi connectivity index (χ1v) is 3.54. The highest BCUT2D eigenvalue weighted by Crippen LogP contribution is 2.09. The Balaban J connectivity index is 3.09. The minimum Gasteiger partial charge on any atom is -0.325 e. The zero-order chi connectivity index (χ0) is 7.56. The van der Waals surface area contributed by atoms with Gasteiger partial charge in [0.1, 0.15) is 10.4 Å². The molecule has 1 aromatic rings. The summed E-state index contributed by atoms with van der Waals surface area (Å²) < 4.78 is 13.2. The first-order chi connectivity index (χ1) is 4.74. The fourth-order valence-electron chi connectivity index (χ4n) is 0.601. The number of pyridine rings is 1. The van der Waals surface area contributed by atoms with Crippen LogP contribution in [0.25, 0.3) is 0 Å². The highest BCUT2D eigenvalue weighted by atomic mass is 79.9. The summed E-state index contributed by atoms with van der Waals surface area (Å²) in [6.07, 6.45) is 0. The van der Waals surface area contributed by atoms with Crippen LogP contribution in [0, 0.1) is 5.82 Å². The number of nitrogens with zero attached hydrogens (tertiary/aromatic N) is 1. The van der Waals surface area contributed by atoms with Gasteiger partial charge in [-0.3, -0.25) is 0 Å². The number of aromatic nitrogens is 1. The molecule has 0 saturated heterocycles. The predicted molar refractivity (Wildman–Crippen MR) is 39.8 cm³/mol. The fraction of sp³-hybridized carbons (Fsp3) is 0.167. The average molecular weight is 205 g/mol. The van der Waals surface area contributed by atoms with E-state index in [9.17, 15) is 4.39 Å². The molecule has 10 heavy (non-hydrogen) atoms. The van der Waals surface area contributed by atoms with Crippen molar-refractivity contribution in [3.63, 3.8) is 0 Å². The SMILES string of the molecule is NCc1nc(Br)ccc1F. The topological polar surface area (TPSA) is 38.9 Å². The molecular formula is C6H6BrFN2. The minimum absolute atomic E-state index is 0.130. The molecule has 2 nitrogen and oxygen atoms in total. The van der Waals surface area contributed by atoms with Crippen LogP contribution in [-0.4, -0.2) is 4.98 Å². The molecule has 54 valence electrons. The third-order valence-corrected chi connectivity index (χ3v) is 1.52. The summed E-state index contributed by atoms with van der Waals surface area (Å²) >= 11 is 3.10. The number of halogens is 2. The first kappa shape index (κ1) is 7.63. The van der Waals surface area contributed by atoms with E-state index in [2.05, 4.69) is 20.9 Å². The van der Waals surface area contributed by atoms with Crippen molar-refractivity contribution in [3.05, 3.63) is 28.2 Å². The molecule has 0 saturated carbocycles. The standard InChI is InChI=1S/C6H6BrFN2/c7-6-2-1-4(8)5(3-9)10-6/h1-2H,3,9H2. The molecule has 0 bridgehead atoms. The van der Waals surface area contributed by atoms with Gasteiger partial charge in [-0.05, 0) is 28.1 Å². The van der Waals surface area contributed by atoms with Crippen molar-refractivity contribution >= 4 is 15.9 Å². The van der Waals surface area contributed by atoms with Crippen molar-refractivity contribution in [1.29, 1.82) is 0 Å². The normalized spacial score (nSPS) is 9.90. The Morgan fingerprint density at radius 2 is 2.30 bits per heavy atom. The zero-order valence-corrected chi connectivity index (χ0v) is 6.73. The molecule has 1 aromatic heterocycles. The molecule has 1 rings (SSSR count). The van der Waals surface area contributed by atoms with E-state index in [0.717, 1.165) is 0 Å². The molecule has 1 heterocycles. The van der Waals surface area contributed by atoms with Crippen LogP contribution in [-0.2, 0) is 6.54 Å². The Kier molecular flexibility index (Phi) is 2.34. The van der Waals surface area contributed by atoms with Crippen LogP contribution in [0.4, 0.5) is 4.39 Å². The maximum Gasteiger partial charge on any atom is 0.146 e. The van der Waals surface area contributed by atoms with Gasteiger partial charge in [-0.15, -0.1) is 0 Å². The Bertz CT molecular complexity index is 239. The lowest BCUT2D eigenvalue weighted by Gasteiger charge is -1.97. The maximum atomic E-state index is 12.6. The van der Waals surface area contributed by atoms with Gasteiger partial charge >= 0.3 is 0 Å². The summed E-state index contributed by atoms with van der Waals surface area (Å²) in [6, 6.07) is 2.87. The predicted octanol–water partition coefficient (Wildman–Crippen LogP) is 1.44. The van der Waals surface area contributed by atoms with E-state index in [1.54, 1.807) is 0 Å². The minimum atomic E-state index is -0.356. The van der Waals surface area contributed by atoms with Gasteiger partial charge in [0.2, 0.25) is 0 Å². The largest absolute Gasteiger partial charge is 0.325 e. The van der Waals surface area contributed by atoms with Crippen LogP contribution in [0.2, 0.25) is 0 Å². The van der Waals surface area contributed by atoms with E-state index in [4.69, 9.17) is 5.73 Å². The van der Waals surface area contributed by atoms with Crippen LogP contribution in [0.1, 0.15) is 5.69 Å². The van der Waals surface area contributed by atoms with E-state index in [-0.39, 0.29) is 18.1 Å². The molecule has 0 aliphatic heterocycles. The van der Waals surface area contributed by atoms with Gasteiger partial charge in [0, 0.05) is 6.54 Å². The Hall–Kier alpha value is -0.480. The second-order valence-electron chi connectivity index (χ2n) is 1.77. The van der Waals surface area contributed by atoms with Crippen molar-refractivity contribution in [3.8, 4) is 0 Å². The highest BCUT2D eigenvalue weighted by Gasteiger charge is 2.00. The maximum absolute atomic E-state index is 12.6. The van der Waals surface area contributed by atoms with Gasteiger partial charge in [-0.1, -0.05) is 0 Å². The first-order valence-electron chi connectivity index (χ1n) is 2.75. The van der Waals surface area contributed by atoms with Crippen LogP contribution >= 0.6 is 15.9 Å². The van der Waals surface area contributed by atoms with Crippen LogP contribution in [0.3, 0.4) is 0 Å². The molecule has 0 aromatic carbocycles. The summed E-state index contributed by atoms with van der Waals surface area (Å²) in [5.41, 5.74) is 5.48. The summed E-state index contributed by atoms with van der Waals surface area (Å²) in [4.78, 5) is 3.81. The van der Waals surface area contributed by atoms with Crippen LogP contribution in [0.5, 0.6) is 0 Å². The molecule has 0 amide bonds. The lowest BCUT2D eigenvalue weighted by molar-refractivity contribution is 0.598. The summed E-state index contributed by atoms with van der Waals surface area (Å²) in [5, 5.41) is 0. The summed E-state index contributed by atoms with van der Waals surface area (Å²) in [5.74, 6) is -0.356. The number of rotatable bonds is 1. The molecule has 0 aliphatic rings. The summed E-state index contributed by atoms with van der Waals surface area (Å²) in [6.45, 7) is 0.130. The van der Waals surface area contributed by atoms with Crippen LogP contribution < -0.4 is 5.73 Å². The van der Waals surface area contributed by atoms with Gasteiger partial charge < -0.3 is 5.73 Å². The highest BCUT2D eigenvalue weighted by molar-refractivity contribution is 9.10. The quantitative estimate of drug-likeness (QED) is 0.704. The van der Waals surface area contributed by atoms with E-state index in [1.165, 1.54) is 12.1 Å². The van der Waals surface area contributed by atoms with E-state index in [0.29, 0.717) is 4.60 Å². The third-order valence-electron chi connectivity index (χ3n) is 1.08. The lowest BCUT2D eigenvalue weighted by atomic mass is 10.3. The Morgan fingerprint density at radius 1 is 1.60 bits per heavy atom. The number of hydrogen-bond donors (Lipinski definition) is 1. The van der Waals surface area contributed by atoms with E-state index >= 15 is 0 Å².